The number of halogens is 1. The zero-order chi connectivity index (χ0) is 12.6. The van der Waals surface area contributed by atoms with Crippen molar-refractivity contribution in [3.63, 3.8) is 0 Å². The molecule has 0 saturated carbocycles. The Morgan fingerprint density at radius 2 is 1.81 bits per heavy atom. The van der Waals surface area contributed by atoms with Gasteiger partial charge < -0.3 is 4.74 Å². The summed E-state index contributed by atoms with van der Waals surface area (Å²) in [6.07, 6.45) is 1.82. The third-order valence-electron chi connectivity index (χ3n) is 1.43. The van der Waals surface area contributed by atoms with E-state index < -0.39 is 0 Å². The van der Waals surface area contributed by atoms with Gasteiger partial charge in [-0.05, 0) is 31.5 Å². The smallest absolute Gasteiger partial charge is 0.0933 e. The van der Waals surface area contributed by atoms with Crippen LogP contribution in [0.5, 0.6) is 0 Å². The van der Waals surface area contributed by atoms with Crippen molar-refractivity contribution in [2.24, 2.45) is 0 Å². The summed E-state index contributed by atoms with van der Waals surface area (Å²) in [5.41, 5.74) is 1.14. The average molecular weight is 281 g/mol. The average Bonchev–Trinajstić information content (AvgIpc) is 2.16. The maximum Gasteiger partial charge on any atom is 0.0933 e. The van der Waals surface area contributed by atoms with Gasteiger partial charge in [0.1, 0.15) is 0 Å². The van der Waals surface area contributed by atoms with Gasteiger partial charge in [0.05, 0.1) is 11.5 Å². The molecule has 0 aliphatic carbocycles. The Hall–Kier alpha value is -1.28. The topological polar surface area (TPSA) is 9.23 Å². The highest BCUT2D eigenvalue weighted by Crippen LogP contribution is 2.11. The van der Waals surface area contributed by atoms with E-state index in [0.29, 0.717) is 11.5 Å². The summed E-state index contributed by atoms with van der Waals surface area (Å²) in [5, 5.41) is 0. The summed E-state index contributed by atoms with van der Waals surface area (Å²) in [4.78, 5) is 0. The van der Waals surface area contributed by atoms with Crippen LogP contribution in [0, 0.1) is 0 Å². The molecule has 1 rings (SSSR count). The van der Waals surface area contributed by atoms with Gasteiger partial charge in [0.2, 0.25) is 0 Å². The Morgan fingerprint density at radius 1 is 1.25 bits per heavy atom. The Labute approximate surface area is 106 Å². The molecule has 0 saturated heterocycles. The monoisotopic (exact) mass is 280 g/mol. The number of hydrogen-bond acceptors (Lipinski definition) is 1. The lowest BCUT2D eigenvalue weighted by atomic mass is 10.2. The second-order valence-electron chi connectivity index (χ2n) is 3.27. The second kappa shape index (κ2) is 7.94. The molecule has 0 heterocycles. The quantitative estimate of drug-likeness (QED) is 0.695. The minimum Gasteiger partial charge on any atom is -0.468 e. The van der Waals surface area contributed by atoms with Gasteiger partial charge >= 0.3 is 0 Å². The first-order valence-electron chi connectivity index (χ1n) is 4.82. The van der Waals surface area contributed by atoms with Gasteiger partial charge in [0, 0.05) is 4.47 Å². The maximum absolute atomic E-state index is 4.86. The van der Waals surface area contributed by atoms with Crippen molar-refractivity contribution in [3.8, 4) is 0 Å². The molecule has 16 heavy (non-hydrogen) atoms. The molecule has 1 aromatic rings. The van der Waals surface area contributed by atoms with Crippen LogP contribution in [0.3, 0.4) is 0 Å². The summed E-state index contributed by atoms with van der Waals surface area (Å²) in [6, 6.07) is 8.01. The molecule has 0 aliphatic rings. The molecule has 0 radical (unpaired) electrons. The molecule has 0 bridgehead atoms. The first-order valence-corrected chi connectivity index (χ1v) is 5.62. The molecule has 0 aliphatic heterocycles. The lowest BCUT2D eigenvalue weighted by Gasteiger charge is -1.99. The predicted molar refractivity (Wildman–Crippen MR) is 74.9 cm³/mol. The Balaban J connectivity index is 0.000000293. The fourth-order valence-corrected chi connectivity index (χ4v) is 1.35. The molecule has 1 aromatic carbocycles. The number of allylic oxidation sites excluding steroid dienone is 2. The van der Waals surface area contributed by atoms with Crippen LogP contribution in [0.2, 0.25) is 0 Å². The summed E-state index contributed by atoms with van der Waals surface area (Å²) >= 11 is 3.36. The molecule has 0 aromatic heterocycles. The van der Waals surface area contributed by atoms with E-state index >= 15 is 0 Å². The van der Waals surface area contributed by atoms with Crippen molar-refractivity contribution in [2.75, 3.05) is 0 Å². The molecular weight excluding hydrogens is 264 g/mol. The number of hydrogen-bond donors (Lipinski definition) is 0. The third-order valence-corrected chi connectivity index (χ3v) is 1.93. The number of benzene rings is 1. The highest BCUT2D eigenvalue weighted by atomic mass is 79.9. The third kappa shape index (κ3) is 8.06. The minimum atomic E-state index is 0.688. The molecular formula is C14H17BrO. The van der Waals surface area contributed by atoms with Crippen LogP contribution in [-0.4, -0.2) is 0 Å². The highest BCUT2D eigenvalue weighted by Gasteiger charge is 1.84. The molecule has 1 nitrogen and oxygen atoms in total. The van der Waals surface area contributed by atoms with Gasteiger partial charge in [-0.25, -0.2) is 0 Å². The van der Waals surface area contributed by atoms with E-state index in [1.807, 2.05) is 30.3 Å². The molecule has 0 fully saturated rings. The highest BCUT2D eigenvalue weighted by molar-refractivity contribution is 9.10. The van der Waals surface area contributed by atoms with Crippen molar-refractivity contribution in [2.45, 2.75) is 13.8 Å². The predicted octanol–water partition coefficient (Wildman–Crippen LogP) is 5.16. The molecule has 2 heteroatoms. The van der Waals surface area contributed by atoms with Crippen molar-refractivity contribution in [1.82, 2.24) is 0 Å². The van der Waals surface area contributed by atoms with Crippen LogP contribution >= 0.6 is 15.9 Å². The van der Waals surface area contributed by atoms with Gasteiger partial charge in [-0.2, -0.15) is 0 Å². The van der Waals surface area contributed by atoms with Crippen molar-refractivity contribution < 1.29 is 4.74 Å². The Kier molecular flexibility index (Phi) is 7.31. The Morgan fingerprint density at radius 3 is 2.06 bits per heavy atom. The second-order valence-corrected chi connectivity index (χ2v) is 4.18. The molecule has 0 unspecified atom stereocenters. The van der Waals surface area contributed by atoms with Crippen molar-refractivity contribution in [3.05, 3.63) is 65.6 Å². The van der Waals surface area contributed by atoms with E-state index in [1.54, 1.807) is 13.8 Å². The minimum absolute atomic E-state index is 0.688. The molecule has 0 N–H and O–H groups in total. The van der Waals surface area contributed by atoms with E-state index in [4.69, 9.17) is 4.74 Å². The SMILES string of the molecule is C=C(C)OC(=C)C.C=Cc1cccc(Br)c1. The fourth-order valence-electron chi connectivity index (χ4n) is 0.931. The van der Waals surface area contributed by atoms with Gasteiger partial charge in [0.25, 0.3) is 0 Å². The number of rotatable bonds is 3. The van der Waals surface area contributed by atoms with Gasteiger partial charge in [-0.15, -0.1) is 0 Å². The summed E-state index contributed by atoms with van der Waals surface area (Å²) in [5.74, 6) is 1.38. The molecule has 86 valence electrons. The largest absolute Gasteiger partial charge is 0.468 e. The molecule has 0 spiro atoms. The van der Waals surface area contributed by atoms with E-state index in [-0.39, 0.29) is 0 Å². The lowest BCUT2D eigenvalue weighted by Crippen LogP contribution is -1.78. The van der Waals surface area contributed by atoms with Crippen LogP contribution in [0.1, 0.15) is 19.4 Å². The zero-order valence-electron chi connectivity index (χ0n) is 9.79. The molecule has 0 atom stereocenters. The van der Waals surface area contributed by atoms with Crippen LogP contribution in [0.15, 0.2) is 60.0 Å². The van der Waals surface area contributed by atoms with Crippen LogP contribution in [0.4, 0.5) is 0 Å². The standard InChI is InChI=1S/C8H7Br.C6H10O/c1-2-7-4-3-5-8(9)6-7;1-5(2)7-6(3)4/h2-6H,1H2;1,3H2,2,4H3. The fraction of sp³-hybridized carbons (Fsp3) is 0.143. The first-order chi connectivity index (χ1) is 7.45. The van der Waals surface area contributed by atoms with E-state index in [9.17, 15) is 0 Å². The van der Waals surface area contributed by atoms with Gasteiger partial charge in [-0.1, -0.05) is 53.9 Å². The summed E-state index contributed by atoms with van der Waals surface area (Å²) < 4.78 is 5.96. The van der Waals surface area contributed by atoms with E-state index in [2.05, 4.69) is 35.7 Å². The summed E-state index contributed by atoms with van der Waals surface area (Å²) in [6.45, 7) is 14.2. The maximum atomic E-state index is 4.86. The Bertz CT molecular complexity index is 368. The van der Waals surface area contributed by atoms with Gasteiger partial charge in [0.15, 0.2) is 0 Å². The normalized spacial score (nSPS) is 8.44. The van der Waals surface area contributed by atoms with Gasteiger partial charge in [-0.3, -0.25) is 0 Å². The van der Waals surface area contributed by atoms with Crippen molar-refractivity contribution >= 4 is 22.0 Å². The van der Waals surface area contributed by atoms with Crippen LogP contribution in [-0.2, 0) is 4.74 Å². The van der Waals surface area contributed by atoms with Crippen LogP contribution < -0.4 is 0 Å². The lowest BCUT2D eigenvalue weighted by molar-refractivity contribution is 0.313. The first kappa shape index (κ1) is 14.7. The molecule has 0 amide bonds. The number of ether oxygens (including phenoxy) is 1. The van der Waals surface area contributed by atoms with Crippen molar-refractivity contribution in [1.29, 1.82) is 0 Å². The van der Waals surface area contributed by atoms with E-state index in [1.165, 1.54) is 0 Å². The zero-order valence-corrected chi connectivity index (χ0v) is 11.4. The van der Waals surface area contributed by atoms with E-state index in [0.717, 1.165) is 10.0 Å². The summed E-state index contributed by atoms with van der Waals surface area (Å²) in [7, 11) is 0. The van der Waals surface area contributed by atoms with Crippen LogP contribution in [0.25, 0.3) is 6.08 Å².